The van der Waals surface area contributed by atoms with Crippen LogP contribution in [0.15, 0.2) is 18.2 Å². The second-order valence-corrected chi connectivity index (χ2v) is 2.56. The van der Waals surface area contributed by atoms with Crippen molar-refractivity contribution in [1.29, 1.82) is 0 Å². The molecule has 0 amide bonds. The van der Waals surface area contributed by atoms with Gasteiger partial charge in [-0.25, -0.2) is 0 Å². The van der Waals surface area contributed by atoms with Crippen molar-refractivity contribution in [2.75, 3.05) is 0 Å². The van der Waals surface area contributed by atoms with Gasteiger partial charge in [0.25, 0.3) is 0 Å². The molecular weight excluding hydrogens is 156 g/mol. The largest absolute Gasteiger partial charge is 0.508 e. The van der Waals surface area contributed by atoms with Gasteiger partial charge in [0.1, 0.15) is 17.8 Å². The summed E-state index contributed by atoms with van der Waals surface area (Å²) in [6.45, 7) is 0. The van der Waals surface area contributed by atoms with Gasteiger partial charge in [-0.05, 0) is 24.1 Å². The fourth-order valence-electron chi connectivity index (χ4n) is 1.03. The Labute approximate surface area is 70.3 Å². The lowest BCUT2D eigenvalue weighted by Gasteiger charge is -2.00. The Balaban J connectivity index is 2.78. The van der Waals surface area contributed by atoms with Crippen molar-refractivity contribution in [1.82, 2.24) is 0 Å². The minimum absolute atomic E-state index is 0.0240. The van der Waals surface area contributed by atoms with E-state index in [2.05, 4.69) is 0 Å². The SMILES string of the molecule is O=CCCc1cc(O)cc(O)c1. The minimum atomic E-state index is 0.0240. The summed E-state index contributed by atoms with van der Waals surface area (Å²) in [4.78, 5) is 10.0. The number of phenols is 2. The van der Waals surface area contributed by atoms with Crippen molar-refractivity contribution in [3.05, 3.63) is 23.8 Å². The van der Waals surface area contributed by atoms with Crippen LogP contribution in [0.25, 0.3) is 0 Å². The maximum Gasteiger partial charge on any atom is 0.120 e. The molecule has 12 heavy (non-hydrogen) atoms. The van der Waals surface area contributed by atoms with E-state index >= 15 is 0 Å². The van der Waals surface area contributed by atoms with Crippen molar-refractivity contribution in [2.45, 2.75) is 12.8 Å². The van der Waals surface area contributed by atoms with Gasteiger partial charge in [0.05, 0.1) is 0 Å². The van der Waals surface area contributed by atoms with Crippen LogP contribution in [0.1, 0.15) is 12.0 Å². The van der Waals surface area contributed by atoms with Crippen molar-refractivity contribution in [2.24, 2.45) is 0 Å². The number of aryl methyl sites for hydroxylation is 1. The number of hydrogen-bond acceptors (Lipinski definition) is 3. The van der Waals surface area contributed by atoms with Crippen LogP contribution in [-0.4, -0.2) is 16.5 Å². The Kier molecular flexibility index (Phi) is 2.69. The maximum absolute atomic E-state index is 10.0. The summed E-state index contributed by atoms with van der Waals surface area (Å²) >= 11 is 0. The number of carbonyl (C=O) groups excluding carboxylic acids is 1. The lowest BCUT2D eigenvalue weighted by atomic mass is 10.1. The summed E-state index contributed by atoms with van der Waals surface area (Å²) in [5, 5.41) is 18.1. The predicted octanol–water partition coefficient (Wildman–Crippen LogP) is 1.23. The Morgan fingerprint density at radius 1 is 1.17 bits per heavy atom. The molecule has 0 saturated heterocycles. The van der Waals surface area contributed by atoms with E-state index < -0.39 is 0 Å². The van der Waals surface area contributed by atoms with E-state index in [1.807, 2.05) is 0 Å². The average molecular weight is 166 g/mol. The first-order valence-corrected chi connectivity index (χ1v) is 3.68. The van der Waals surface area contributed by atoms with Gasteiger partial charge >= 0.3 is 0 Å². The second kappa shape index (κ2) is 3.76. The molecule has 1 rings (SSSR count). The second-order valence-electron chi connectivity index (χ2n) is 2.56. The molecular formula is C9H10O3. The van der Waals surface area contributed by atoms with Crippen molar-refractivity contribution >= 4 is 6.29 Å². The molecule has 0 saturated carbocycles. The molecule has 64 valence electrons. The van der Waals surface area contributed by atoms with Crippen LogP contribution in [0.5, 0.6) is 11.5 Å². The molecule has 0 aromatic heterocycles. The van der Waals surface area contributed by atoms with Gasteiger partial charge in [0.15, 0.2) is 0 Å². The Bertz CT molecular complexity index is 261. The summed E-state index contributed by atoms with van der Waals surface area (Å²) in [5.41, 5.74) is 0.764. The third kappa shape index (κ3) is 2.27. The molecule has 0 heterocycles. The van der Waals surface area contributed by atoms with E-state index in [9.17, 15) is 4.79 Å². The molecule has 0 radical (unpaired) electrons. The smallest absolute Gasteiger partial charge is 0.120 e. The molecule has 0 atom stereocenters. The average Bonchev–Trinajstić information content (AvgIpc) is 1.99. The van der Waals surface area contributed by atoms with Crippen LogP contribution < -0.4 is 0 Å². The monoisotopic (exact) mass is 166 g/mol. The molecule has 0 aliphatic heterocycles. The van der Waals surface area contributed by atoms with Crippen LogP contribution >= 0.6 is 0 Å². The van der Waals surface area contributed by atoms with Gasteiger partial charge in [0.2, 0.25) is 0 Å². The zero-order valence-corrected chi connectivity index (χ0v) is 6.53. The standard InChI is InChI=1S/C9H10O3/c10-3-1-2-7-4-8(11)6-9(12)5-7/h3-6,11-12H,1-2H2. The van der Waals surface area contributed by atoms with Gasteiger partial charge in [-0.2, -0.15) is 0 Å². The molecule has 0 fully saturated rings. The molecule has 3 nitrogen and oxygen atoms in total. The Morgan fingerprint density at radius 3 is 2.25 bits per heavy atom. The molecule has 0 aliphatic carbocycles. The minimum Gasteiger partial charge on any atom is -0.508 e. The highest BCUT2D eigenvalue weighted by Gasteiger charge is 1.97. The molecule has 0 aliphatic rings. The highest BCUT2D eigenvalue weighted by Crippen LogP contribution is 2.20. The van der Waals surface area contributed by atoms with E-state index in [1.54, 1.807) is 0 Å². The number of rotatable bonds is 3. The van der Waals surface area contributed by atoms with E-state index in [0.717, 1.165) is 11.8 Å². The highest BCUT2D eigenvalue weighted by molar-refractivity contribution is 5.50. The van der Waals surface area contributed by atoms with Crippen molar-refractivity contribution in [3.63, 3.8) is 0 Å². The number of carbonyl (C=O) groups is 1. The first-order chi connectivity index (χ1) is 5.72. The quantitative estimate of drug-likeness (QED) is 0.664. The predicted molar refractivity (Wildman–Crippen MR) is 44.2 cm³/mol. The first kappa shape index (κ1) is 8.59. The Hall–Kier alpha value is -1.51. The maximum atomic E-state index is 10.0. The van der Waals surface area contributed by atoms with Crippen LogP contribution in [0.2, 0.25) is 0 Å². The molecule has 1 aromatic carbocycles. The van der Waals surface area contributed by atoms with E-state index in [4.69, 9.17) is 10.2 Å². The summed E-state index contributed by atoms with van der Waals surface area (Å²) in [7, 11) is 0. The lowest BCUT2D eigenvalue weighted by molar-refractivity contribution is -0.107. The lowest BCUT2D eigenvalue weighted by Crippen LogP contribution is -1.85. The van der Waals surface area contributed by atoms with Gasteiger partial charge in [0, 0.05) is 12.5 Å². The number of benzene rings is 1. The van der Waals surface area contributed by atoms with Crippen molar-refractivity contribution in [3.8, 4) is 11.5 Å². The number of aromatic hydroxyl groups is 2. The molecule has 0 spiro atoms. The fraction of sp³-hybridized carbons (Fsp3) is 0.222. The van der Waals surface area contributed by atoms with Crippen LogP contribution in [0.3, 0.4) is 0 Å². The normalized spacial score (nSPS) is 9.67. The third-order valence-corrected chi connectivity index (χ3v) is 1.51. The van der Waals surface area contributed by atoms with E-state index in [0.29, 0.717) is 12.8 Å². The zero-order chi connectivity index (χ0) is 8.97. The van der Waals surface area contributed by atoms with Crippen LogP contribution in [0, 0.1) is 0 Å². The first-order valence-electron chi connectivity index (χ1n) is 3.68. The number of phenolic OH excluding ortho intramolecular Hbond substituents is 2. The summed E-state index contributed by atoms with van der Waals surface area (Å²) in [5.74, 6) is 0.0480. The number of aldehydes is 1. The highest BCUT2D eigenvalue weighted by atomic mass is 16.3. The zero-order valence-electron chi connectivity index (χ0n) is 6.53. The molecule has 1 aromatic rings. The molecule has 2 N–H and O–H groups in total. The van der Waals surface area contributed by atoms with Crippen LogP contribution in [-0.2, 0) is 11.2 Å². The van der Waals surface area contributed by atoms with E-state index in [1.165, 1.54) is 18.2 Å². The fourth-order valence-corrected chi connectivity index (χ4v) is 1.03. The molecule has 0 unspecified atom stereocenters. The van der Waals surface area contributed by atoms with Gasteiger partial charge < -0.3 is 15.0 Å². The molecule has 3 heteroatoms. The van der Waals surface area contributed by atoms with Crippen LogP contribution in [0.4, 0.5) is 0 Å². The van der Waals surface area contributed by atoms with Gasteiger partial charge in [-0.1, -0.05) is 0 Å². The molecule has 0 bridgehead atoms. The van der Waals surface area contributed by atoms with E-state index in [-0.39, 0.29) is 11.5 Å². The number of hydrogen-bond donors (Lipinski definition) is 2. The van der Waals surface area contributed by atoms with Crippen molar-refractivity contribution < 1.29 is 15.0 Å². The summed E-state index contributed by atoms with van der Waals surface area (Å²) < 4.78 is 0. The summed E-state index contributed by atoms with van der Waals surface area (Å²) in [6.07, 6.45) is 1.76. The summed E-state index contributed by atoms with van der Waals surface area (Å²) in [6, 6.07) is 4.32. The third-order valence-electron chi connectivity index (χ3n) is 1.51. The van der Waals surface area contributed by atoms with Gasteiger partial charge in [-0.3, -0.25) is 0 Å². The van der Waals surface area contributed by atoms with Gasteiger partial charge in [-0.15, -0.1) is 0 Å². The topological polar surface area (TPSA) is 57.5 Å². The Morgan fingerprint density at radius 2 is 1.75 bits per heavy atom.